The van der Waals surface area contributed by atoms with Crippen LogP contribution in [-0.4, -0.2) is 45.6 Å². The molecule has 160 valence electrons. The first-order chi connectivity index (χ1) is 15.0. The van der Waals surface area contributed by atoms with Crippen molar-refractivity contribution >= 4 is 21.1 Å². The second kappa shape index (κ2) is 7.90. The van der Waals surface area contributed by atoms with E-state index in [2.05, 4.69) is 25.8 Å². The van der Waals surface area contributed by atoms with E-state index in [1.807, 2.05) is 24.7 Å². The van der Waals surface area contributed by atoms with Crippen molar-refractivity contribution in [3.63, 3.8) is 0 Å². The van der Waals surface area contributed by atoms with Crippen LogP contribution in [0.4, 0.5) is 4.39 Å². The molecule has 0 amide bonds. The molecule has 0 unspecified atom stereocenters. The number of pyridine rings is 1. The minimum Gasteiger partial charge on any atom is -0.332 e. The Bertz CT molecular complexity index is 1310. The van der Waals surface area contributed by atoms with Gasteiger partial charge in [-0.25, -0.2) is 17.8 Å². The average Bonchev–Trinajstić information content (AvgIpc) is 3.45. The number of nitrogens with one attached hydrogen (secondary N) is 1. The van der Waals surface area contributed by atoms with Gasteiger partial charge < -0.3 is 4.57 Å². The average molecular weight is 440 g/mol. The Morgan fingerprint density at radius 3 is 2.65 bits per heavy atom. The van der Waals surface area contributed by atoms with Gasteiger partial charge in [-0.05, 0) is 43.0 Å². The molecule has 4 aromatic rings. The molecule has 1 aliphatic rings. The summed E-state index contributed by atoms with van der Waals surface area (Å²) in [6.07, 6.45) is 8.92. The summed E-state index contributed by atoms with van der Waals surface area (Å²) in [6.45, 7) is 1.55. The second-order valence-corrected chi connectivity index (χ2v) is 9.78. The van der Waals surface area contributed by atoms with Gasteiger partial charge in [0.05, 0.1) is 6.20 Å². The van der Waals surface area contributed by atoms with E-state index in [0.717, 1.165) is 41.5 Å². The fourth-order valence-electron chi connectivity index (χ4n) is 4.20. The van der Waals surface area contributed by atoms with Gasteiger partial charge >= 0.3 is 0 Å². The van der Waals surface area contributed by atoms with Crippen molar-refractivity contribution < 1.29 is 12.8 Å². The maximum absolute atomic E-state index is 14.0. The molecule has 1 fully saturated rings. The van der Waals surface area contributed by atoms with Crippen molar-refractivity contribution in [1.82, 2.24) is 24.1 Å². The first-order valence-electron chi connectivity index (χ1n) is 10.2. The van der Waals surface area contributed by atoms with Gasteiger partial charge in [-0.1, -0.05) is 12.1 Å². The molecular formula is C22H22FN5O2S. The Hall–Kier alpha value is -3.04. The third-order valence-corrected chi connectivity index (χ3v) is 7.85. The monoisotopic (exact) mass is 439 g/mol. The van der Waals surface area contributed by atoms with Crippen LogP contribution in [0.2, 0.25) is 0 Å². The molecule has 0 spiro atoms. The first kappa shape index (κ1) is 19.9. The molecule has 1 N–H and O–H groups in total. The SMILES string of the molecule is O=S(=O)(c1ccccc1F)N1CCC(Cn2ccc3cc(-c4cn[nH]c4)cnc32)CC1. The summed E-state index contributed by atoms with van der Waals surface area (Å²) in [5, 5.41) is 7.85. The number of nitrogens with zero attached hydrogens (tertiary/aromatic N) is 4. The van der Waals surface area contributed by atoms with E-state index in [1.54, 1.807) is 12.3 Å². The largest absolute Gasteiger partial charge is 0.332 e. The molecule has 1 aromatic carbocycles. The number of H-pyrrole nitrogens is 1. The van der Waals surface area contributed by atoms with E-state index < -0.39 is 15.8 Å². The number of aromatic amines is 1. The van der Waals surface area contributed by atoms with Gasteiger partial charge in [-0.3, -0.25) is 5.10 Å². The number of piperidine rings is 1. The van der Waals surface area contributed by atoms with Crippen LogP contribution in [0.5, 0.6) is 0 Å². The van der Waals surface area contributed by atoms with Crippen LogP contribution < -0.4 is 0 Å². The molecule has 9 heteroatoms. The summed E-state index contributed by atoms with van der Waals surface area (Å²) in [5.41, 5.74) is 2.91. The Balaban J connectivity index is 1.28. The van der Waals surface area contributed by atoms with Crippen LogP contribution in [0.25, 0.3) is 22.2 Å². The number of hydrogen-bond acceptors (Lipinski definition) is 4. The highest BCUT2D eigenvalue weighted by Gasteiger charge is 2.31. The Labute approximate surface area is 179 Å². The molecule has 31 heavy (non-hydrogen) atoms. The molecule has 1 saturated heterocycles. The van der Waals surface area contributed by atoms with Crippen molar-refractivity contribution in [1.29, 1.82) is 0 Å². The molecule has 3 aromatic heterocycles. The van der Waals surface area contributed by atoms with Crippen molar-refractivity contribution in [3.8, 4) is 11.1 Å². The molecule has 0 bridgehead atoms. The highest BCUT2D eigenvalue weighted by Crippen LogP contribution is 2.28. The van der Waals surface area contributed by atoms with Crippen LogP contribution >= 0.6 is 0 Å². The molecule has 7 nitrogen and oxygen atoms in total. The molecule has 0 radical (unpaired) electrons. The second-order valence-electron chi connectivity index (χ2n) is 7.87. The number of benzene rings is 1. The third-order valence-electron chi connectivity index (χ3n) is 5.92. The normalized spacial score (nSPS) is 16.2. The summed E-state index contributed by atoms with van der Waals surface area (Å²) >= 11 is 0. The zero-order valence-corrected chi connectivity index (χ0v) is 17.6. The van der Waals surface area contributed by atoms with Crippen LogP contribution in [0.3, 0.4) is 0 Å². The smallest absolute Gasteiger partial charge is 0.245 e. The summed E-state index contributed by atoms with van der Waals surface area (Å²) in [5.74, 6) is -0.373. The Kier molecular flexibility index (Phi) is 5.07. The van der Waals surface area contributed by atoms with Crippen molar-refractivity contribution in [2.45, 2.75) is 24.3 Å². The van der Waals surface area contributed by atoms with Gasteiger partial charge in [0.1, 0.15) is 16.4 Å². The number of aromatic nitrogens is 4. The number of sulfonamides is 1. The molecule has 0 atom stereocenters. The Morgan fingerprint density at radius 1 is 1.10 bits per heavy atom. The zero-order valence-electron chi connectivity index (χ0n) is 16.8. The number of halogens is 1. The maximum atomic E-state index is 14.0. The molecule has 0 saturated carbocycles. The summed E-state index contributed by atoms with van der Waals surface area (Å²) in [6, 6.07) is 9.68. The van der Waals surface area contributed by atoms with Crippen LogP contribution in [0.1, 0.15) is 12.8 Å². The van der Waals surface area contributed by atoms with Crippen LogP contribution in [0.15, 0.2) is 66.1 Å². The first-order valence-corrected chi connectivity index (χ1v) is 11.6. The van der Waals surface area contributed by atoms with E-state index in [9.17, 15) is 12.8 Å². The van der Waals surface area contributed by atoms with Crippen LogP contribution in [-0.2, 0) is 16.6 Å². The van der Waals surface area contributed by atoms with E-state index in [-0.39, 0.29) is 4.90 Å². The quantitative estimate of drug-likeness (QED) is 0.514. The number of fused-ring (bicyclic) bond motifs is 1. The van der Waals surface area contributed by atoms with Gasteiger partial charge in [0.15, 0.2) is 0 Å². The zero-order chi connectivity index (χ0) is 21.4. The Morgan fingerprint density at radius 2 is 1.90 bits per heavy atom. The lowest BCUT2D eigenvalue weighted by Crippen LogP contribution is -2.39. The van der Waals surface area contributed by atoms with Gasteiger partial charge in [-0.15, -0.1) is 0 Å². The fraction of sp³-hybridized carbons (Fsp3) is 0.273. The molecule has 5 rings (SSSR count). The van der Waals surface area contributed by atoms with Crippen molar-refractivity contribution in [2.75, 3.05) is 13.1 Å². The summed E-state index contributed by atoms with van der Waals surface area (Å²) < 4.78 is 43.1. The highest BCUT2D eigenvalue weighted by atomic mass is 32.2. The predicted octanol–water partition coefficient (Wildman–Crippen LogP) is 3.67. The van der Waals surface area contributed by atoms with Gasteiger partial charge in [0.2, 0.25) is 10.0 Å². The van der Waals surface area contributed by atoms with Crippen LogP contribution in [0, 0.1) is 11.7 Å². The summed E-state index contributed by atoms with van der Waals surface area (Å²) in [4.78, 5) is 4.39. The van der Waals surface area contributed by atoms with Gasteiger partial charge in [0.25, 0.3) is 0 Å². The lowest BCUT2D eigenvalue weighted by molar-refractivity contribution is 0.254. The van der Waals surface area contributed by atoms with E-state index in [4.69, 9.17) is 0 Å². The van der Waals surface area contributed by atoms with Crippen molar-refractivity contribution in [2.24, 2.45) is 5.92 Å². The fourth-order valence-corrected chi connectivity index (χ4v) is 5.73. The van der Waals surface area contributed by atoms with E-state index in [0.29, 0.717) is 19.0 Å². The standard InChI is InChI=1S/C22H22FN5O2S/c23-20-3-1-2-4-21(20)31(29,30)28-9-5-16(6-10-28)15-27-8-7-17-11-18(12-24-22(17)27)19-13-25-26-14-19/h1-4,7-8,11-14,16H,5-6,9-10,15H2,(H,25,26). The molecule has 4 heterocycles. The minimum atomic E-state index is -3.81. The van der Waals surface area contributed by atoms with E-state index >= 15 is 0 Å². The molecule has 0 aliphatic carbocycles. The molecular weight excluding hydrogens is 417 g/mol. The third kappa shape index (κ3) is 3.75. The minimum absolute atomic E-state index is 0.248. The van der Waals surface area contributed by atoms with Gasteiger partial charge in [0, 0.05) is 54.7 Å². The maximum Gasteiger partial charge on any atom is 0.245 e. The topological polar surface area (TPSA) is 83.9 Å². The number of hydrogen-bond donors (Lipinski definition) is 1. The lowest BCUT2D eigenvalue weighted by atomic mass is 9.98. The van der Waals surface area contributed by atoms with E-state index in [1.165, 1.54) is 22.5 Å². The summed E-state index contributed by atoms with van der Waals surface area (Å²) in [7, 11) is -3.81. The van der Waals surface area contributed by atoms with Gasteiger partial charge in [-0.2, -0.15) is 9.40 Å². The highest BCUT2D eigenvalue weighted by molar-refractivity contribution is 7.89. The number of rotatable bonds is 5. The lowest BCUT2D eigenvalue weighted by Gasteiger charge is -2.31. The van der Waals surface area contributed by atoms with Crippen molar-refractivity contribution in [3.05, 3.63) is 67.0 Å². The molecule has 1 aliphatic heterocycles. The predicted molar refractivity (Wildman–Crippen MR) is 115 cm³/mol.